The van der Waals surface area contributed by atoms with Crippen LogP contribution in [0.1, 0.15) is 19.4 Å². The summed E-state index contributed by atoms with van der Waals surface area (Å²) >= 11 is 5.86. The van der Waals surface area contributed by atoms with E-state index in [1.165, 1.54) is 13.8 Å². The molecule has 1 heterocycles. The summed E-state index contributed by atoms with van der Waals surface area (Å²) in [5, 5.41) is 12.4. The summed E-state index contributed by atoms with van der Waals surface area (Å²) in [6, 6.07) is 10.8. The fourth-order valence-electron chi connectivity index (χ4n) is 3.57. The highest BCUT2D eigenvalue weighted by Gasteiger charge is 2.67. The molecule has 0 bridgehead atoms. The molecular weight excluding hydrogens is 398 g/mol. The summed E-state index contributed by atoms with van der Waals surface area (Å²) in [7, 11) is 0. The number of nitrogens with two attached hydrogens (primary N) is 1. The van der Waals surface area contributed by atoms with Gasteiger partial charge in [-0.2, -0.15) is 0 Å². The van der Waals surface area contributed by atoms with Crippen LogP contribution in [-0.2, 0) is 11.3 Å². The lowest BCUT2D eigenvalue weighted by Gasteiger charge is -2.38. The molecule has 2 aromatic carbocycles. The molecule has 1 aliphatic rings. The van der Waals surface area contributed by atoms with Crippen LogP contribution < -0.4 is 15.8 Å². The summed E-state index contributed by atoms with van der Waals surface area (Å²) in [5.41, 5.74) is 4.94. The van der Waals surface area contributed by atoms with E-state index < -0.39 is 34.1 Å². The largest absolute Gasteiger partial charge is 0.480 e. The molecule has 29 heavy (non-hydrogen) atoms. The number of urea groups is 2. The Morgan fingerprint density at radius 3 is 2.10 bits per heavy atom. The Bertz CT molecular complexity index is 959. The number of nitrogens with one attached hydrogen (secondary N) is 1. The van der Waals surface area contributed by atoms with Crippen molar-refractivity contribution in [1.29, 1.82) is 0 Å². The number of quaternary nitrogens is 1. The predicted octanol–water partition coefficient (Wildman–Crippen LogP) is 3.48. The number of carbonyl (C=O) groups is 3. The predicted molar refractivity (Wildman–Crippen MR) is 106 cm³/mol. The van der Waals surface area contributed by atoms with E-state index >= 15 is 0 Å². The van der Waals surface area contributed by atoms with Gasteiger partial charge in [0.05, 0.1) is 0 Å². The summed E-state index contributed by atoms with van der Waals surface area (Å²) in [4.78, 5) is 36.6. The molecule has 0 aromatic heterocycles. The van der Waals surface area contributed by atoms with Gasteiger partial charge in [-0.05, 0) is 62.4 Å². The molecule has 1 saturated heterocycles. The molecule has 0 radical (unpaired) electrons. The molecule has 2 aromatic rings. The monoisotopic (exact) mass is 418 g/mol. The van der Waals surface area contributed by atoms with Crippen molar-refractivity contribution in [3.8, 4) is 11.5 Å². The molecule has 2 atom stereocenters. The van der Waals surface area contributed by atoms with E-state index in [1.807, 2.05) is 0 Å². The zero-order chi connectivity index (χ0) is 21.4. The van der Waals surface area contributed by atoms with Crippen molar-refractivity contribution in [3.63, 3.8) is 0 Å². The van der Waals surface area contributed by atoms with E-state index in [2.05, 4.69) is 5.32 Å². The van der Waals surface area contributed by atoms with Crippen LogP contribution in [0.15, 0.2) is 48.5 Å². The molecule has 0 saturated carbocycles. The maximum atomic E-state index is 12.7. The van der Waals surface area contributed by atoms with E-state index in [0.29, 0.717) is 22.1 Å². The van der Waals surface area contributed by atoms with E-state index in [4.69, 9.17) is 22.1 Å². The van der Waals surface area contributed by atoms with Gasteiger partial charge in [0.15, 0.2) is 6.04 Å². The van der Waals surface area contributed by atoms with Crippen LogP contribution in [0.3, 0.4) is 0 Å². The van der Waals surface area contributed by atoms with Crippen LogP contribution in [-0.4, -0.2) is 39.2 Å². The number of rotatable bonds is 5. The highest BCUT2D eigenvalue weighted by Crippen LogP contribution is 2.37. The van der Waals surface area contributed by atoms with Gasteiger partial charge in [-0.15, -0.1) is 4.48 Å². The fourth-order valence-corrected chi connectivity index (χ4v) is 3.70. The first-order chi connectivity index (χ1) is 13.6. The number of hydrogen-bond acceptors (Lipinski definition) is 4. The second-order valence-electron chi connectivity index (χ2n) is 7.38. The Hall–Kier alpha value is -3.10. The molecule has 152 valence electrons. The van der Waals surface area contributed by atoms with Gasteiger partial charge in [-0.25, -0.2) is 14.4 Å². The van der Waals surface area contributed by atoms with Gasteiger partial charge in [0, 0.05) is 10.6 Å². The highest BCUT2D eigenvalue weighted by atomic mass is 35.5. The maximum absolute atomic E-state index is 12.7. The highest BCUT2D eigenvalue weighted by molar-refractivity contribution is 6.30. The second-order valence-corrected chi connectivity index (χ2v) is 7.82. The Morgan fingerprint density at radius 1 is 1.14 bits per heavy atom. The molecule has 8 nitrogen and oxygen atoms in total. The average Bonchev–Trinajstić information content (AvgIpc) is 2.86. The topological polar surface area (TPSA) is 119 Å². The van der Waals surface area contributed by atoms with Crippen LogP contribution in [0.5, 0.6) is 11.5 Å². The summed E-state index contributed by atoms with van der Waals surface area (Å²) < 4.78 is 4.88. The number of carboxylic acid groups (broad SMARTS) is 1. The number of primary amides is 1. The van der Waals surface area contributed by atoms with Crippen LogP contribution in [0, 0.1) is 0 Å². The van der Waals surface area contributed by atoms with E-state index in [1.54, 1.807) is 48.5 Å². The number of amides is 4. The van der Waals surface area contributed by atoms with Crippen molar-refractivity contribution in [2.45, 2.75) is 32.0 Å². The minimum absolute atomic E-state index is 0.0842. The lowest BCUT2D eigenvalue weighted by atomic mass is 9.91. The Morgan fingerprint density at radius 2 is 1.66 bits per heavy atom. The number of hydrogen-bond donors (Lipinski definition) is 3. The molecule has 4 N–H and O–H groups in total. The Labute approximate surface area is 172 Å². The van der Waals surface area contributed by atoms with Crippen molar-refractivity contribution in [2.75, 3.05) is 0 Å². The fraction of sp³-hybridized carbons (Fsp3) is 0.250. The minimum atomic E-state index is -1.28. The third-order valence-electron chi connectivity index (χ3n) is 5.32. The number of imide groups is 1. The smallest absolute Gasteiger partial charge is 0.427 e. The van der Waals surface area contributed by atoms with Crippen molar-refractivity contribution < 1.29 is 28.7 Å². The standard InChI is InChI=1S/C20H20ClN3O5/c1-20(2)16(17(25)26)23-19(28)24(20,18(22)27)11-12-3-7-14(8-4-12)29-15-9-5-13(21)6-10-15/h3-10,16H,11H2,1-2H3,(H3-,22,23,25,26,27,28)/p+1/t16-,24?/m0/s1. The average molecular weight is 419 g/mol. The third-order valence-corrected chi connectivity index (χ3v) is 5.57. The minimum Gasteiger partial charge on any atom is -0.480 e. The van der Waals surface area contributed by atoms with E-state index in [9.17, 15) is 19.5 Å². The van der Waals surface area contributed by atoms with Gasteiger partial charge in [-0.3, -0.25) is 5.32 Å². The van der Waals surface area contributed by atoms with Crippen LogP contribution in [0.2, 0.25) is 5.02 Å². The molecule has 9 heteroatoms. The number of carboxylic acids is 1. The molecule has 1 aliphatic heterocycles. The van der Waals surface area contributed by atoms with Gasteiger partial charge >= 0.3 is 18.0 Å². The zero-order valence-electron chi connectivity index (χ0n) is 15.9. The van der Waals surface area contributed by atoms with E-state index in [0.717, 1.165) is 0 Å². The third kappa shape index (κ3) is 3.52. The maximum Gasteiger partial charge on any atom is 0.427 e. The van der Waals surface area contributed by atoms with Gasteiger partial charge in [-0.1, -0.05) is 11.6 Å². The summed E-state index contributed by atoms with van der Waals surface area (Å²) in [6.45, 7) is 2.98. The first-order valence-electron chi connectivity index (χ1n) is 8.82. The molecule has 1 fully saturated rings. The second kappa shape index (κ2) is 7.38. The molecular formula is C20H21ClN3O5+. The first-order valence-corrected chi connectivity index (χ1v) is 9.20. The number of aliphatic carboxylic acids is 1. The van der Waals surface area contributed by atoms with Crippen molar-refractivity contribution >= 4 is 29.6 Å². The number of ether oxygens (including phenoxy) is 1. The Kier molecular flexibility index (Phi) is 5.25. The zero-order valence-corrected chi connectivity index (χ0v) is 16.6. The Balaban J connectivity index is 1.86. The molecule has 3 rings (SSSR count). The van der Waals surface area contributed by atoms with Gasteiger partial charge in [0.2, 0.25) is 0 Å². The number of carbonyl (C=O) groups excluding carboxylic acids is 2. The number of benzene rings is 2. The van der Waals surface area contributed by atoms with Crippen molar-refractivity contribution in [1.82, 2.24) is 5.32 Å². The molecule has 4 amide bonds. The molecule has 0 aliphatic carbocycles. The number of halogens is 1. The lowest BCUT2D eigenvalue weighted by molar-refractivity contribution is -0.824. The summed E-state index contributed by atoms with van der Waals surface area (Å²) in [6.07, 6.45) is 0. The first kappa shape index (κ1) is 20.6. The van der Waals surface area contributed by atoms with Gasteiger partial charge < -0.3 is 15.6 Å². The molecule has 1 unspecified atom stereocenters. The van der Waals surface area contributed by atoms with Crippen molar-refractivity contribution in [2.24, 2.45) is 5.73 Å². The van der Waals surface area contributed by atoms with Crippen LogP contribution >= 0.6 is 11.6 Å². The summed E-state index contributed by atoms with van der Waals surface area (Å²) in [5.74, 6) is -0.0707. The van der Waals surface area contributed by atoms with Gasteiger partial charge in [0.1, 0.15) is 23.6 Å². The SMILES string of the molecule is CC1(C)[C@H](C(=O)O)NC(=O)[N+]1(Cc1ccc(Oc2ccc(Cl)cc2)cc1)C(N)=O. The van der Waals surface area contributed by atoms with E-state index in [-0.39, 0.29) is 6.54 Å². The van der Waals surface area contributed by atoms with Gasteiger partial charge in [0.25, 0.3) is 0 Å². The normalized spacial score (nSPS) is 22.7. The quantitative estimate of drug-likeness (QED) is 0.642. The van der Waals surface area contributed by atoms with Crippen LogP contribution in [0.25, 0.3) is 0 Å². The molecule has 0 spiro atoms. The lowest BCUT2D eigenvalue weighted by Crippen LogP contribution is -2.67. The van der Waals surface area contributed by atoms with Crippen molar-refractivity contribution in [3.05, 3.63) is 59.1 Å². The number of nitrogens with zero attached hydrogens (tertiary/aromatic N) is 1. The van der Waals surface area contributed by atoms with Crippen LogP contribution in [0.4, 0.5) is 9.59 Å².